The van der Waals surface area contributed by atoms with Gasteiger partial charge in [0.1, 0.15) is 18.2 Å². The molecule has 0 amide bonds. The zero-order chi connectivity index (χ0) is 15.7. The van der Waals surface area contributed by atoms with Gasteiger partial charge >= 0.3 is 0 Å². The van der Waals surface area contributed by atoms with E-state index in [9.17, 15) is 0 Å². The summed E-state index contributed by atoms with van der Waals surface area (Å²) >= 11 is 0. The van der Waals surface area contributed by atoms with E-state index in [1.807, 2.05) is 31.2 Å². The normalized spacial score (nSPS) is 14.4. The molecule has 6 N–H and O–H groups in total. The number of hydrogen-bond donors (Lipinski definition) is 3. The maximum atomic E-state index is 5.84. The third-order valence-corrected chi connectivity index (χ3v) is 2.73. The quantitative estimate of drug-likeness (QED) is 0.519. The summed E-state index contributed by atoms with van der Waals surface area (Å²) < 4.78 is 5.61. The zero-order valence-electron chi connectivity index (χ0n) is 12.5. The average molecular weight is 289 g/mol. The van der Waals surface area contributed by atoms with E-state index in [0.29, 0.717) is 24.7 Å². The number of aliphatic imine (C=N–C) groups is 2. The fraction of sp³-hybridized carbons (Fsp3) is 0.333. The van der Waals surface area contributed by atoms with Gasteiger partial charge in [0, 0.05) is 18.3 Å². The molecule has 0 saturated heterocycles. The highest BCUT2D eigenvalue weighted by molar-refractivity contribution is 6.28. The van der Waals surface area contributed by atoms with Gasteiger partial charge in [-0.15, -0.1) is 0 Å². The fourth-order valence-corrected chi connectivity index (χ4v) is 1.66. The standard InChI is InChI=1S/C15H23N5O/c1-11(9-17)19-10-15(18)20-12(2)13-5-3-4-6-14(13)21-8-7-16/h3-6,9-10,12H,7-8,16-17H2,1-2H3,(H2,18,20)/b11-9-,19-10?. The Kier molecular flexibility index (Phi) is 6.97. The molecule has 0 heterocycles. The molecule has 1 aromatic rings. The third kappa shape index (κ3) is 5.66. The average Bonchev–Trinajstić information content (AvgIpc) is 2.50. The summed E-state index contributed by atoms with van der Waals surface area (Å²) in [5.74, 6) is 1.10. The van der Waals surface area contributed by atoms with Gasteiger partial charge in [-0.3, -0.25) is 9.98 Å². The van der Waals surface area contributed by atoms with Crippen LogP contribution >= 0.6 is 0 Å². The highest BCUT2D eigenvalue weighted by atomic mass is 16.5. The Hall–Kier alpha value is -2.34. The van der Waals surface area contributed by atoms with Gasteiger partial charge in [-0.2, -0.15) is 0 Å². The molecule has 1 aromatic carbocycles. The summed E-state index contributed by atoms with van der Waals surface area (Å²) in [5.41, 5.74) is 18.3. The molecule has 0 aromatic heterocycles. The van der Waals surface area contributed by atoms with Crippen LogP contribution in [0.3, 0.4) is 0 Å². The predicted octanol–water partition coefficient (Wildman–Crippen LogP) is 1.33. The second-order valence-corrected chi connectivity index (χ2v) is 4.47. The summed E-state index contributed by atoms with van der Waals surface area (Å²) in [6.45, 7) is 4.65. The Morgan fingerprint density at radius 2 is 2.10 bits per heavy atom. The minimum Gasteiger partial charge on any atom is -0.492 e. The summed E-state index contributed by atoms with van der Waals surface area (Å²) in [6, 6.07) is 7.54. The van der Waals surface area contributed by atoms with Crippen LogP contribution < -0.4 is 21.9 Å². The maximum absolute atomic E-state index is 5.84. The lowest BCUT2D eigenvalue weighted by atomic mass is 10.1. The zero-order valence-corrected chi connectivity index (χ0v) is 12.5. The van der Waals surface area contributed by atoms with E-state index in [1.54, 1.807) is 6.92 Å². The summed E-state index contributed by atoms with van der Waals surface area (Å²) in [7, 11) is 0. The first-order valence-electron chi connectivity index (χ1n) is 6.76. The molecule has 6 heteroatoms. The van der Waals surface area contributed by atoms with Crippen molar-refractivity contribution in [1.82, 2.24) is 0 Å². The van der Waals surface area contributed by atoms with Crippen LogP contribution in [0.5, 0.6) is 5.75 Å². The minimum atomic E-state index is -0.146. The lowest BCUT2D eigenvalue weighted by Gasteiger charge is -2.14. The van der Waals surface area contributed by atoms with Crippen molar-refractivity contribution in [3.8, 4) is 5.75 Å². The van der Waals surface area contributed by atoms with Crippen LogP contribution in [0.1, 0.15) is 25.5 Å². The Morgan fingerprint density at radius 3 is 2.76 bits per heavy atom. The molecule has 0 fully saturated rings. The van der Waals surface area contributed by atoms with E-state index < -0.39 is 0 Å². The van der Waals surface area contributed by atoms with Gasteiger partial charge in [-0.25, -0.2) is 0 Å². The highest BCUT2D eigenvalue weighted by Crippen LogP contribution is 2.27. The smallest absolute Gasteiger partial charge is 0.137 e. The number of para-hydroxylation sites is 1. The van der Waals surface area contributed by atoms with Crippen LogP contribution in [0.2, 0.25) is 0 Å². The van der Waals surface area contributed by atoms with Crippen LogP contribution in [0.15, 0.2) is 46.1 Å². The fourth-order valence-electron chi connectivity index (χ4n) is 1.66. The van der Waals surface area contributed by atoms with Crippen molar-refractivity contribution in [2.75, 3.05) is 13.2 Å². The Bertz CT molecular complexity index is 537. The largest absolute Gasteiger partial charge is 0.492 e. The summed E-state index contributed by atoms with van der Waals surface area (Å²) in [6.07, 6.45) is 2.89. The van der Waals surface area contributed by atoms with Crippen molar-refractivity contribution in [3.63, 3.8) is 0 Å². The molecule has 114 valence electrons. The molecule has 1 rings (SSSR count). The molecule has 0 spiro atoms. The molecule has 0 saturated carbocycles. The lowest BCUT2D eigenvalue weighted by molar-refractivity contribution is 0.323. The Morgan fingerprint density at radius 1 is 1.38 bits per heavy atom. The van der Waals surface area contributed by atoms with E-state index in [0.717, 1.165) is 11.3 Å². The Labute approximate surface area is 125 Å². The van der Waals surface area contributed by atoms with Crippen LogP contribution in [0, 0.1) is 0 Å². The van der Waals surface area contributed by atoms with Gasteiger partial charge in [0.15, 0.2) is 0 Å². The number of benzene rings is 1. The minimum absolute atomic E-state index is 0.146. The van der Waals surface area contributed by atoms with Crippen LogP contribution in [-0.4, -0.2) is 25.2 Å². The van der Waals surface area contributed by atoms with E-state index in [2.05, 4.69) is 9.98 Å². The molecule has 1 atom stereocenters. The van der Waals surface area contributed by atoms with Crippen molar-refractivity contribution in [2.24, 2.45) is 27.2 Å². The van der Waals surface area contributed by atoms with Crippen molar-refractivity contribution in [1.29, 1.82) is 0 Å². The van der Waals surface area contributed by atoms with E-state index in [1.165, 1.54) is 12.4 Å². The first-order valence-corrected chi connectivity index (χ1v) is 6.76. The number of nitrogens with two attached hydrogens (primary N) is 3. The molecule has 1 unspecified atom stereocenters. The summed E-state index contributed by atoms with van der Waals surface area (Å²) in [5, 5.41) is 0. The van der Waals surface area contributed by atoms with Crippen LogP contribution in [-0.2, 0) is 0 Å². The van der Waals surface area contributed by atoms with E-state index in [-0.39, 0.29) is 6.04 Å². The van der Waals surface area contributed by atoms with Gasteiger partial charge in [-0.05, 0) is 19.9 Å². The predicted molar refractivity (Wildman–Crippen MR) is 87.5 cm³/mol. The van der Waals surface area contributed by atoms with Crippen molar-refractivity contribution >= 4 is 12.1 Å². The van der Waals surface area contributed by atoms with E-state index in [4.69, 9.17) is 21.9 Å². The van der Waals surface area contributed by atoms with Crippen molar-refractivity contribution < 1.29 is 4.74 Å². The van der Waals surface area contributed by atoms with Gasteiger partial charge in [-0.1, -0.05) is 18.2 Å². The lowest BCUT2D eigenvalue weighted by Crippen LogP contribution is -2.15. The first kappa shape index (κ1) is 16.7. The number of nitrogens with zero attached hydrogens (tertiary/aromatic N) is 2. The van der Waals surface area contributed by atoms with Crippen LogP contribution in [0.25, 0.3) is 0 Å². The molecule has 0 bridgehead atoms. The SMILES string of the molecule is C/C(=C/N)N=CC(N)=NC(C)c1ccccc1OCCN. The first-order chi connectivity index (χ1) is 10.1. The van der Waals surface area contributed by atoms with Crippen LogP contribution in [0.4, 0.5) is 0 Å². The monoisotopic (exact) mass is 289 g/mol. The molecule has 6 nitrogen and oxygen atoms in total. The number of rotatable bonds is 7. The van der Waals surface area contributed by atoms with Crippen molar-refractivity contribution in [2.45, 2.75) is 19.9 Å². The Balaban J connectivity index is 2.88. The molecule has 0 radical (unpaired) electrons. The molecular formula is C15H23N5O. The molecule has 0 aliphatic rings. The number of ether oxygens (including phenoxy) is 1. The number of amidine groups is 1. The number of allylic oxidation sites excluding steroid dienone is 1. The summed E-state index contributed by atoms with van der Waals surface area (Å²) in [4.78, 5) is 8.46. The topological polar surface area (TPSA) is 112 Å². The van der Waals surface area contributed by atoms with Gasteiger partial charge in [0.25, 0.3) is 0 Å². The van der Waals surface area contributed by atoms with E-state index >= 15 is 0 Å². The molecule has 0 aliphatic carbocycles. The van der Waals surface area contributed by atoms with Gasteiger partial charge < -0.3 is 21.9 Å². The van der Waals surface area contributed by atoms with Crippen molar-refractivity contribution in [3.05, 3.63) is 41.7 Å². The second-order valence-electron chi connectivity index (χ2n) is 4.47. The maximum Gasteiger partial charge on any atom is 0.137 e. The third-order valence-electron chi connectivity index (χ3n) is 2.73. The highest BCUT2D eigenvalue weighted by Gasteiger charge is 2.10. The molecule has 0 aliphatic heterocycles. The van der Waals surface area contributed by atoms with Gasteiger partial charge in [0.05, 0.1) is 18.0 Å². The molecular weight excluding hydrogens is 266 g/mol. The second kappa shape index (κ2) is 8.76. The number of hydrogen-bond acceptors (Lipinski definition) is 5. The molecule has 21 heavy (non-hydrogen) atoms. The van der Waals surface area contributed by atoms with Gasteiger partial charge in [0.2, 0.25) is 0 Å².